The third kappa shape index (κ3) is 3.76. The number of amides is 1. The second-order valence-corrected chi connectivity index (χ2v) is 6.10. The van der Waals surface area contributed by atoms with Crippen molar-refractivity contribution >= 4 is 5.91 Å². The molecule has 1 saturated carbocycles. The van der Waals surface area contributed by atoms with E-state index in [0.717, 1.165) is 31.2 Å². The smallest absolute Gasteiger partial charge is 0.223 e. The number of hydrogen-bond donors (Lipinski definition) is 2. The Labute approximate surface area is 134 Å². The van der Waals surface area contributed by atoms with Crippen LogP contribution >= 0.6 is 0 Å². The van der Waals surface area contributed by atoms with Gasteiger partial charge >= 0.3 is 0 Å². The number of hydrogen-bond acceptors (Lipinski definition) is 3. The number of carbonyl (C=O) groups is 1. The van der Waals surface area contributed by atoms with Crippen molar-refractivity contribution in [3.8, 4) is 5.69 Å². The molecule has 122 valence electrons. The normalized spacial score (nSPS) is 21.1. The first kappa shape index (κ1) is 15.7. The Morgan fingerprint density at radius 1 is 1.43 bits per heavy atom. The topological polar surface area (TPSA) is 72.9 Å². The lowest BCUT2D eigenvalue weighted by molar-refractivity contribution is -0.126. The average molecular weight is 316 g/mol. The molecule has 3 N–H and O–H groups in total. The molecule has 1 aromatic carbocycles. The monoisotopic (exact) mass is 316 g/mol. The maximum atomic E-state index is 14.2. The Bertz CT molecular complexity index is 671. The first-order valence-electron chi connectivity index (χ1n) is 7.93. The summed E-state index contributed by atoms with van der Waals surface area (Å²) < 4.78 is 15.8. The molecule has 0 saturated heterocycles. The minimum Gasteiger partial charge on any atom is -0.352 e. The average Bonchev–Trinajstić information content (AvgIpc) is 3.07. The maximum absolute atomic E-state index is 14.2. The van der Waals surface area contributed by atoms with Gasteiger partial charge in [0.25, 0.3) is 0 Å². The van der Waals surface area contributed by atoms with E-state index in [1.54, 1.807) is 29.4 Å². The van der Waals surface area contributed by atoms with Crippen molar-refractivity contribution in [1.29, 1.82) is 0 Å². The Morgan fingerprint density at radius 3 is 3.00 bits per heavy atom. The summed E-state index contributed by atoms with van der Waals surface area (Å²) in [6.45, 7) is 0.325. The Balaban J connectivity index is 1.60. The summed E-state index contributed by atoms with van der Waals surface area (Å²) in [7, 11) is 0. The summed E-state index contributed by atoms with van der Waals surface area (Å²) in [5.74, 6) is -0.345. The van der Waals surface area contributed by atoms with E-state index in [0.29, 0.717) is 12.2 Å². The van der Waals surface area contributed by atoms with Gasteiger partial charge in [-0.1, -0.05) is 12.5 Å². The number of nitrogens with two attached hydrogens (primary N) is 1. The van der Waals surface area contributed by atoms with Crippen LogP contribution in [-0.2, 0) is 11.3 Å². The Kier molecular flexibility index (Phi) is 4.71. The SMILES string of the molecule is NC1CCCC(C(=O)NCc2ccc(-n3ccnc3)c(F)c2)C1. The second-order valence-electron chi connectivity index (χ2n) is 6.10. The Morgan fingerprint density at radius 2 is 2.30 bits per heavy atom. The standard InChI is InChI=1S/C17H21FN4O/c18-15-8-12(4-5-16(15)22-7-6-20-11-22)10-21-17(23)13-2-1-3-14(19)9-13/h4-8,11,13-14H,1-3,9-10,19H2,(H,21,23). The van der Waals surface area contributed by atoms with E-state index < -0.39 is 0 Å². The number of rotatable bonds is 4. The number of halogens is 1. The molecular weight excluding hydrogens is 295 g/mol. The Hall–Kier alpha value is -2.21. The van der Waals surface area contributed by atoms with Gasteiger partial charge in [0.05, 0.1) is 12.0 Å². The molecule has 2 aromatic rings. The molecule has 1 aliphatic carbocycles. The second kappa shape index (κ2) is 6.91. The lowest BCUT2D eigenvalue weighted by atomic mass is 9.85. The number of nitrogens with zero attached hydrogens (tertiary/aromatic N) is 2. The molecule has 1 amide bonds. The molecule has 2 atom stereocenters. The van der Waals surface area contributed by atoms with Gasteiger partial charge in [-0.05, 0) is 37.0 Å². The molecule has 5 nitrogen and oxygen atoms in total. The van der Waals surface area contributed by atoms with Gasteiger partial charge < -0.3 is 15.6 Å². The highest BCUT2D eigenvalue weighted by Crippen LogP contribution is 2.23. The van der Waals surface area contributed by atoms with Crippen LogP contribution in [0, 0.1) is 11.7 Å². The summed E-state index contributed by atoms with van der Waals surface area (Å²) in [4.78, 5) is 16.1. The molecule has 0 spiro atoms. The zero-order valence-electron chi connectivity index (χ0n) is 12.9. The zero-order valence-corrected chi connectivity index (χ0v) is 12.9. The van der Waals surface area contributed by atoms with Crippen molar-refractivity contribution in [2.45, 2.75) is 38.3 Å². The summed E-state index contributed by atoms with van der Waals surface area (Å²) in [5.41, 5.74) is 7.09. The van der Waals surface area contributed by atoms with E-state index in [1.807, 2.05) is 6.07 Å². The lowest BCUT2D eigenvalue weighted by Crippen LogP contribution is -2.37. The van der Waals surface area contributed by atoms with Gasteiger partial charge in [0.15, 0.2) is 0 Å². The van der Waals surface area contributed by atoms with Crippen LogP contribution in [0.3, 0.4) is 0 Å². The number of benzene rings is 1. The van der Waals surface area contributed by atoms with Crippen molar-refractivity contribution in [2.75, 3.05) is 0 Å². The number of aromatic nitrogens is 2. The molecule has 3 rings (SSSR count). The van der Waals surface area contributed by atoms with Crippen molar-refractivity contribution in [3.63, 3.8) is 0 Å². The van der Waals surface area contributed by atoms with Crippen molar-refractivity contribution in [1.82, 2.24) is 14.9 Å². The van der Waals surface area contributed by atoms with Gasteiger partial charge in [-0.15, -0.1) is 0 Å². The summed E-state index contributed by atoms with van der Waals surface area (Å²) >= 11 is 0. The van der Waals surface area contributed by atoms with E-state index in [-0.39, 0.29) is 23.7 Å². The van der Waals surface area contributed by atoms with E-state index in [9.17, 15) is 9.18 Å². The minimum absolute atomic E-state index is 0.0132. The molecule has 1 aliphatic rings. The summed E-state index contributed by atoms with van der Waals surface area (Å²) in [5, 5.41) is 2.89. The van der Waals surface area contributed by atoms with Crippen LogP contribution in [0.25, 0.3) is 5.69 Å². The van der Waals surface area contributed by atoms with Gasteiger partial charge in [-0.25, -0.2) is 9.37 Å². The van der Waals surface area contributed by atoms with Crippen LogP contribution in [0.15, 0.2) is 36.9 Å². The molecular formula is C17H21FN4O. The molecule has 0 bridgehead atoms. The predicted molar refractivity (Wildman–Crippen MR) is 85.3 cm³/mol. The van der Waals surface area contributed by atoms with Crippen LogP contribution < -0.4 is 11.1 Å². The lowest BCUT2D eigenvalue weighted by Gasteiger charge is -2.25. The fourth-order valence-corrected chi connectivity index (χ4v) is 3.07. The van der Waals surface area contributed by atoms with Crippen LogP contribution in [0.4, 0.5) is 4.39 Å². The highest BCUT2D eigenvalue weighted by atomic mass is 19.1. The minimum atomic E-state index is -0.338. The van der Waals surface area contributed by atoms with E-state index in [1.165, 1.54) is 6.07 Å². The summed E-state index contributed by atoms with van der Waals surface area (Å²) in [6.07, 6.45) is 8.44. The number of imidazole rings is 1. The quantitative estimate of drug-likeness (QED) is 0.908. The predicted octanol–water partition coefficient (Wildman–Crippen LogP) is 2.15. The molecule has 1 aromatic heterocycles. The fraction of sp³-hybridized carbons (Fsp3) is 0.412. The van der Waals surface area contributed by atoms with Crippen molar-refractivity contribution in [2.24, 2.45) is 11.7 Å². The number of nitrogens with one attached hydrogen (secondary N) is 1. The third-order valence-corrected chi connectivity index (χ3v) is 4.35. The van der Waals surface area contributed by atoms with Gasteiger partial charge in [-0.2, -0.15) is 0 Å². The van der Waals surface area contributed by atoms with Crippen LogP contribution in [-0.4, -0.2) is 21.5 Å². The van der Waals surface area contributed by atoms with Crippen LogP contribution in [0.2, 0.25) is 0 Å². The highest BCUT2D eigenvalue weighted by molar-refractivity contribution is 5.78. The van der Waals surface area contributed by atoms with E-state index in [4.69, 9.17) is 5.73 Å². The first-order valence-corrected chi connectivity index (χ1v) is 7.93. The van der Waals surface area contributed by atoms with E-state index >= 15 is 0 Å². The van der Waals surface area contributed by atoms with Gasteiger partial charge in [0.2, 0.25) is 5.91 Å². The van der Waals surface area contributed by atoms with E-state index in [2.05, 4.69) is 10.3 Å². The molecule has 23 heavy (non-hydrogen) atoms. The maximum Gasteiger partial charge on any atom is 0.223 e. The summed E-state index contributed by atoms with van der Waals surface area (Å²) in [6, 6.07) is 5.06. The number of carbonyl (C=O) groups excluding carboxylic acids is 1. The molecule has 2 unspecified atom stereocenters. The molecule has 6 heteroatoms. The van der Waals surface area contributed by atoms with Gasteiger partial charge in [-0.3, -0.25) is 4.79 Å². The molecule has 0 aliphatic heterocycles. The highest BCUT2D eigenvalue weighted by Gasteiger charge is 2.25. The molecule has 0 radical (unpaired) electrons. The largest absolute Gasteiger partial charge is 0.352 e. The molecule has 1 fully saturated rings. The van der Waals surface area contributed by atoms with Gasteiger partial charge in [0.1, 0.15) is 5.82 Å². The van der Waals surface area contributed by atoms with Crippen LogP contribution in [0.1, 0.15) is 31.2 Å². The van der Waals surface area contributed by atoms with Crippen molar-refractivity contribution < 1.29 is 9.18 Å². The van der Waals surface area contributed by atoms with Crippen LogP contribution in [0.5, 0.6) is 0 Å². The first-order chi connectivity index (χ1) is 11.1. The van der Waals surface area contributed by atoms with Crippen molar-refractivity contribution in [3.05, 3.63) is 48.3 Å². The fourth-order valence-electron chi connectivity index (χ4n) is 3.07. The molecule has 1 heterocycles. The zero-order chi connectivity index (χ0) is 16.2. The van der Waals surface area contributed by atoms with Gasteiger partial charge in [0, 0.05) is 30.9 Å². The third-order valence-electron chi connectivity index (χ3n) is 4.35.